The van der Waals surface area contributed by atoms with Crippen molar-refractivity contribution in [1.82, 2.24) is 0 Å². The summed E-state index contributed by atoms with van der Waals surface area (Å²) in [7, 11) is 1.56. The third-order valence-electron chi connectivity index (χ3n) is 2.44. The monoisotopic (exact) mass is 271 g/mol. The van der Waals surface area contributed by atoms with Crippen molar-refractivity contribution in [3.63, 3.8) is 0 Å². The average molecular weight is 272 g/mol. The lowest BCUT2D eigenvalue weighted by molar-refractivity contribution is 0.414. The first kappa shape index (κ1) is 12.3. The Morgan fingerprint density at radius 1 is 1.24 bits per heavy atom. The number of methoxy groups -OCH3 is 1. The van der Waals surface area contributed by atoms with Gasteiger partial charge in [0.15, 0.2) is 5.22 Å². The van der Waals surface area contributed by atoms with Crippen molar-refractivity contribution >= 4 is 23.2 Å². The number of benzene rings is 1. The number of rotatable bonds is 3. The molecule has 0 aliphatic rings. The second kappa shape index (κ2) is 5.00. The summed E-state index contributed by atoms with van der Waals surface area (Å²) in [6.07, 6.45) is 0. The van der Waals surface area contributed by atoms with Gasteiger partial charge in [0, 0.05) is 0 Å². The molecule has 0 fully saturated rings. The van der Waals surface area contributed by atoms with E-state index in [-0.39, 0.29) is 0 Å². The first-order valence-electron chi connectivity index (χ1n) is 4.96. The lowest BCUT2D eigenvalue weighted by Gasteiger charge is -2.11. The Morgan fingerprint density at radius 2 is 2.00 bits per heavy atom. The van der Waals surface area contributed by atoms with E-state index in [0.717, 1.165) is 5.56 Å². The topological polar surface area (TPSA) is 48.4 Å². The maximum absolute atomic E-state index is 6.04. The number of ether oxygens (including phenoxy) is 1. The van der Waals surface area contributed by atoms with Crippen LogP contribution in [0.15, 0.2) is 34.7 Å². The maximum Gasteiger partial charge on any atom is 0.193 e. The van der Waals surface area contributed by atoms with Crippen LogP contribution in [0.2, 0.25) is 10.2 Å². The van der Waals surface area contributed by atoms with Crippen LogP contribution in [-0.2, 0) is 0 Å². The average Bonchev–Trinajstić information content (AvgIpc) is 2.75. The highest BCUT2D eigenvalue weighted by molar-refractivity contribution is 6.32. The van der Waals surface area contributed by atoms with Gasteiger partial charge in [0.05, 0.1) is 18.2 Å². The van der Waals surface area contributed by atoms with Gasteiger partial charge in [0.25, 0.3) is 0 Å². The minimum atomic E-state index is -0.397. The summed E-state index contributed by atoms with van der Waals surface area (Å²) in [6.45, 7) is 0. The molecule has 0 saturated heterocycles. The first-order valence-corrected chi connectivity index (χ1v) is 5.71. The van der Waals surface area contributed by atoms with E-state index < -0.39 is 6.04 Å². The Kier molecular flexibility index (Phi) is 3.62. The Bertz CT molecular complexity index is 525. The van der Waals surface area contributed by atoms with Crippen LogP contribution < -0.4 is 10.5 Å². The summed E-state index contributed by atoms with van der Waals surface area (Å²) in [6, 6.07) is 8.36. The molecule has 2 aromatic rings. The number of hydrogen-bond donors (Lipinski definition) is 1. The van der Waals surface area contributed by atoms with Gasteiger partial charge in [-0.2, -0.15) is 0 Å². The number of furan rings is 1. The first-order chi connectivity index (χ1) is 8.11. The molecule has 0 radical (unpaired) electrons. The zero-order chi connectivity index (χ0) is 12.4. The van der Waals surface area contributed by atoms with Gasteiger partial charge in [-0.05, 0) is 41.4 Å². The van der Waals surface area contributed by atoms with Crippen LogP contribution in [0.4, 0.5) is 0 Å². The van der Waals surface area contributed by atoms with Crippen molar-refractivity contribution in [1.29, 1.82) is 0 Å². The van der Waals surface area contributed by atoms with Crippen LogP contribution in [0.5, 0.6) is 5.75 Å². The van der Waals surface area contributed by atoms with Crippen LogP contribution in [0.1, 0.15) is 17.4 Å². The largest absolute Gasteiger partial charge is 0.495 e. The summed E-state index contributed by atoms with van der Waals surface area (Å²) in [5.74, 6) is 1.20. The van der Waals surface area contributed by atoms with Gasteiger partial charge in [-0.25, -0.2) is 0 Å². The molecule has 0 bridgehead atoms. The van der Waals surface area contributed by atoms with Gasteiger partial charge in [-0.15, -0.1) is 0 Å². The summed E-state index contributed by atoms with van der Waals surface area (Å²) >= 11 is 11.7. The fourth-order valence-electron chi connectivity index (χ4n) is 1.54. The van der Waals surface area contributed by atoms with Crippen LogP contribution >= 0.6 is 23.2 Å². The molecular weight excluding hydrogens is 261 g/mol. The highest BCUT2D eigenvalue weighted by atomic mass is 35.5. The Balaban J connectivity index is 2.31. The quantitative estimate of drug-likeness (QED) is 0.927. The minimum Gasteiger partial charge on any atom is -0.495 e. The minimum absolute atomic E-state index is 0.315. The standard InChI is InChI=1S/C12H11Cl2NO2/c1-16-9-3-2-7(6-8(9)13)12(15)10-4-5-11(14)17-10/h2-6,12H,15H2,1H3. The van der Waals surface area contributed by atoms with E-state index >= 15 is 0 Å². The van der Waals surface area contributed by atoms with E-state index in [2.05, 4.69) is 0 Å². The highest BCUT2D eigenvalue weighted by Gasteiger charge is 2.14. The third kappa shape index (κ3) is 2.57. The normalized spacial score (nSPS) is 12.5. The molecule has 1 aromatic heterocycles. The number of hydrogen-bond acceptors (Lipinski definition) is 3. The lowest BCUT2D eigenvalue weighted by Crippen LogP contribution is -2.10. The molecular formula is C12H11Cl2NO2. The molecule has 1 aromatic carbocycles. The second-order valence-corrected chi connectivity index (χ2v) is 4.29. The molecule has 0 aliphatic carbocycles. The smallest absolute Gasteiger partial charge is 0.193 e. The summed E-state index contributed by atoms with van der Waals surface area (Å²) in [5, 5.41) is 0.827. The van der Waals surface area contributed by atoms with E-state index in [0.29, 0.717) is 21.8 Å². The molecule has 17 heavy (non-hydrogen) atoms. The molecule has 0 aliphatic heterocycles. The van der Waals surface area contributed by atoms with Crippen molar-refractivity contribution in [2.45, 2.75) is 6.04 Å². The van der Waals surface area contributed by atoms with Gasteiger partial charge < -0.3 is 14.9 Å². The Hall–Kier alpha value is -1.16. The molecule has 0 saturated carbocycles. The molecule has 2 N–H and O–H groups in total. The molecule has 0 spiro atoms. The molecule has 1 unspecified atom stereocenters. The molecule has 1 atom stereocenters. The van der Waals surface area contributed by atoms with E-state index in [1.165, 1.54) is 0 Å². The summed E-state index contributed by atoms with van der Waals surface area (Å²) < 4.78 is 10.3. The van der Waals surface area contributed by atoms with Crippen LogP contribution in [-0.4, -0.2) is 7.11 Å². The van der Waals surface area contributed by atoms with E-state index in [9.17, 15) is 0 Å². The SMILES string of the molecule is COc1ccc(C(N)c2ccc(Cl)o2)cc1Cl. The Labute approximate surface area is 109 Å². The summed E-state index contributed by atoms with van der Waals surface area (Å²) in [5.41, 5.74) is 6.87. The molecule has 5 heteroatoms. The molecule has 0 amide bonds. The fraction of sp³-hybridized carbons (Fsp3) is 0.167. The lowest BCUT2D eigenvalue weighted by atomic mass is 10.1. The van der Waals surface area contributed by atoms with Gasteiger partial charge >= 0.3 is 0 Å². The van der Waals surface area contributed by atoms with Crippen LogP contribution in [0, 0.1) is 0 Å². The summed E-state index contributed by atoms with van der Waals surface area (Å²) in [4.78, 5) is 0. The van der Waals surface area contributed by atoms with Gasteiger partial charge in [-0.1, -0.05) is 17.7 Å². The number of nitrogens with two attached hydrogens (primary N) is 1. The molecule has 3 nitrogen and oxygen atoms in total. The fourth-order valence-corrected chi connectivity index (χ4v) is 1.95. The van der Waals surface area contributed by atoms with Crippen molar-refractivity contribution in [2.24, 2.45) is 5.73 Å². The van der Waals surface area contributed by atoms with Crippen LogP contribution in [0.3, 0.4) is 0 Å². The molecule has 90 valence electrons. The number of halogens is 2. The van der Waals surface area contributed by atoms with Gasteiger partial charge in [0.1, 0.15) is 11.5 Å². The van der Waals surface area contributed by atoms with Crippen molar-refractivity contribution in [3.8, 4) is 5.75 Å². The van der Waals surface area contributed by atoms with Gasteiger partial charge in [-0.3, -0.25) is 0 Å². The predicted octanol–water partition coefficient (Wildman–Crippen LogP) is 3.64. The molecule has 2 rings (SSSR count). The van der Waals surface area contributed by atoms with E-state index in [1.807, 2.05) is 6.07 Å². The van der Waals surface area contributed by atoms with Crippen molar-refractivity contribution in [2.75, 3.05) is 7.11 Å². The van der Waals surface area contributed by atoms with E-state index in [4.69, 9.17) is 38.1 Å². The zero-order valence-corrected chi connectivity index (χ0v) is 10.6. The third-order valence-corrected chi connectivity index (χ3v) is 2.93. The highest BCUT2D eigenvalue weighted by Crippen LogP contribution is 2.30. The van der Waals surface area contributed by atoms with Crippen molar-refractivity contribution < 1.29 is 9.15 Å². The Morgan fingerprint density at radius 3 is 2.53 bits per heavy atom. The zero-order valence-electron chi connectivity index (χ0n) is 9.11. The van der Waals surface area contributed by atoms with Gasteiger partial charge in [0.2, 0.25) is 0 Å². The predicted molar refractivity (Wildman–Crippen MR) is 67.8 cm³/mol. The maximum atomic E-state index is 6.04. The second-order valence-electron chi connectivity index (χ2n) is 3.51. The van der Waals surface area contributed by atoms with Crippen molar-refractivity contribution in [3.05, 3.63) is 51.9 Å². The van der Waals surface area contributed by atoms with E-state index in [1.54, 1.807) is 31.4 Å². The van der Waals surface area contributed by atoms with Crippen LogP contribution in [0.25, 0.3) is 0 Å². The molecule has 1 heterocycles.